The monoisotopic (exact) mass is 480 g/mol. The first-order valence-corrected chi connectivity index (χ1v) is 10.5. The van der Waals surface area contributed by atoms with Crippen LogP contribution in [0.25, 0.3) is 17.1 Å². The highest BCUT2D eigenvalue weighted by atomic mass is 79.9. The second-order valence-electron chi connectivity index (χ2n) is 6.93. The quantitative estimate of drug-likeness (QED) is 0.376. The third kappa shape index (κ3) is 4.30. The van der Waals surface area contributed by atoms with E-state index in [1.807, 2.05) is 68.4 Å². The van der Waals surface area contributed by atoms with Crippen LogP contribution in [0.15, 0.2) is 71.2 Å². The van der Waals surface area contributed by atoms with E-state index in [0.29, 0.717) is 16.5 Å². The van der Waals surface area contributed by atoms with Crippen molar-refractivity contribution in [1.82, 2.24) is 14.8 Å². The van der Waals surface area contributed by atoms with E-state index in [1.165, 1.54) is 0 Å². The van der Waals surface area contributed by atoms with E-state index in [2.05, 4.69) is 31.3 Å². The van der Waals surface area contributed by atoms with E-state index in [1.54, 1.807) is 16.8 Å². The first-order chi connectivity index (χ1) is 14.4. The van der Waals surface area contributed by atoms with Gasteiger partial charge in [0.15, 0.2) is 5.82 Å². The van der Waals surface area contributed by atoms with Gasteiger partial charge in [0.1, 0.15) is 0 Å². The molecule has 0 saturated heterocycles. The third-order valence-corrected chi connectivity index (χ3v) is 5.56. The summed E-state index contributed by atoms with van der Waals surface area (Å²) in [5.74, 6) is 0.258. The lowest BCUT2D eigenvalue weighted by molar-refractivity contribution is 0.101. The summed E-state index contributed by atoms with van der Waals surface area (Å²) >= 11 is 9.61. The predicted molar refractivity (Wildman–Crippen MR) is 123 cm³/mol. The summed E-state index contributed by atoms with van der Waals surface area (Å²) in [6.45, 7) is 3.93. The normalized spacial score (nSPS) is 10.8. The van der Waals surface area contributed by atoms with Gasteiger partial charge in [0.25, 0.3) is 5.91 Å². The number of carbonyl (C=O) groups is 1. The molecule has 4 rings (SSSR count). The Labute approximate surface area is 187 Å². The molecule has 4 aromatic rings. The molecule has 1 amide bonds. The van der Waals surface area contributed by atoms with Crippen molar-refractivity contribution in [2.24, 2.45) is 0 Å². The van der Waals surface area contributed by atoms with Crippen LogP contribution in [0.4, 0.5) is 5.69 Å². The van der Waals surface area contributed by atoms with E-state index >= 15 is 0 Å². The standard InChI is InChI=1S/C23H18BrClN4O/c1-14-3-6-16(7-4-14)22-27-21(28-29(22)19-11-8-17(24)9-12-19)23(30)26-18-10-5-15(2)20(25)13-18/h3-13H,1-2H3,(H,26,30). The van der Waals surface area contributed by atoms with E-state index < -0.39 is 5.91 Å². The zero-order valence-electron chi connectivity index (χ0n) is 16.4. The van der Waals surface area contributed by atoms with Crippen LogP contribution in [0.3, 0.4) is 0 Å². The third-order valence-electron chi connectivity index (χ3n) is 4.62. The fraction of sp³-hybridized carbons (Fsp3) is 0.0870. The number of nitrogens with zero attached hydrogens (tertiary/aromatic N) is 3. The lowest BCUT2D eigenvalue weighted by Gasteiger charge is -2.06. The Morgan fingerprint density at radius 2 is 1.70 bits per heavy atom. The average molecular weight is 482 g/mol. The van der Waals surface area contributed by atoms with Gasteiger partial charge in [0.05, 0.1) is 5.69 Å². The molecule has 0 aliphatic heterocycles. The number of aryl methyl sites for hydroxylation is 2. The number of hydrogen-bond acceptors (Lipinski definition) is 3. The summed E-state index contributed by atoms with van der Waals surface area (Å²) in [6.07, 6.45) is 0. The first-order valence-electron chi connectivity index (χ1n) is 9.28. The maximum atomic E-state index is 12.8. The van der Waals surface area contributed by atoms with Gasteiger partial charge in [-0.15, -0.1) is 5.10 Å². The average Bonchev–Trinajstić information content (AvgIpc) is 3.17. The van der Waals surface area contributed by atoms with Crippen LogP contribution in [-0.2, 0) is 0 Å². The number of benzene rings is 3. The van der Waals surface area contributed by atoms with Crippen LogP contribution < -0.4 is 5.32 Å². The SMILES string of the molecule is Cc1ccc(-c2nc(C(=O)Nc3ccc(C)c(Cl)c3)nn2-c2ccc(Br)cc2)cc1. The number of nitrogens with one attached hydrogen (secondary N) is 1. The van der Waals surface area contributed by atoms with Crippen LogP contribution in [-0.4, -0.2) is 20.7 Å². The predicted octanol–water partition coefficient (Wildman–Crippen LogP) is 6.22. The molecule has 150 valence electrons. The van der Waals surface area contributed by atoms with Gasteiger partial charge in [-0.1, -0.05) is 63.4 Å². The topological polar surface area (TPSA) is 59.8 Å². The van der Waals surface area contributed by atoms with Gasteiger partial charge in [-0.2, -0.15) is 0 Å². The van der Waals surface area contributed by atoms with Gasteiger partial charge in [0, 0.05) is 20.7 Å². The molecule has 3 aromatic carbocycles. The Hall–Kier alpha value is -2.96. The van der Waals surface area contributed by atoms with Crippen LogP contribution in [0.5, 0.6) is 0 Å². The number of hydrogen-bond donors (Lipinski definition) is 1. The highest BCUT2D eigenvalue weighted by Gasteiger charge is 2.19. The summed E-state index contributed by atoms with van der Waals surface area (Å²) in [6, 6.07) is 21.0. The smallest absolute Gasteiger partial charge is 0.295 e. The Bertz CT molecular complexity index is 1150. The highest BCUT2D eigenvalue weighted by Crippen LogP contribution is 2.24. The summed E-state index contributed by atoms with van der Waals surface area (Å²) in [5.41, 5.74) is 4.34. The van der Waals surface area contributed by atoms with Crippen molar-refractivity contribution in [2.45, 2.75) is 13.8 Å². The van der Waals surface area contributed by atoms with Crippen molar-refractivity contribution in [3.05, 3.63) is 93.2 Å². The number of rotatable bonds is 4. The van der Waals surface area contributed by atoms with Crippen LogP contribution in [0, 0.1) is 13.8 Å². The molecule has 0 spiro atoms. The first kappa shape index (κ1) is 20.3. The fourth-order valence-electron chi connectivity index (χ4n) is 2.92. The minimum Gasteiger partial charge on any atom is -0.319 e. The molecule has 1 aromatic heterocycles. The molecule has 1 heterocycles. The van der Waals surface area contributed by atoms with Crippen molar-refractivity contribution < 1.29 is 4.79 Å². The molecule has 7 heteroatoms. The molecule has 0 unspecified atom stereocenters. The van der Waals surface area contributed by atoms with E-state index in [9.17, 15) is 4.79 Å². The molecule has 0 aliphatic carbocycles. The van der Waals surface area contributed by atoms with E-state index in [4.69, 9.17) is 11.6 Å². The molecule has 0 bridgehead atoms. The number of anilines is 1. The zero-order valence-corrected chi connectivity index (χ0v) is 18.7. The number of carbonyl (C=O) groups excluding carboxylic acids is 1. The zero-order chi connectivity index (χ0) is 21.3. The molecule has 0 saturated carbocycles. The van der Waals surface area contributed by atoms with Gasteiger partial charge in [-0.25, -0.2) is 9.67 Å². The van der Waals surface area contributed by atoms with Crippen LogP contribution in [0.2, 0.25) is 5.02 Å². The maximum absolute atomic E-state index is 12.8. The Balaban J connectivity index is 1.74. The highest BCUT2D eigenvalue weighted by molar-refractivity contribution is 9.10. The molecule has 0 radical (unpaired) electrons. The number of halogens is 2. The molecule has 30 heavy (non-hydrogen) atoms. The van der Waals surface area contributed by atoms with E-state index in [-0.39, 0.29) is 5.82 Å². The van der Waals surface area contributed by atoms with Crippen molar-refractivity contribution in [2.75, 3.05) is 5.32 Å². The van der Waals surface area contributed by atoms with Crippen molar-refractivity contribution in [3.63, 3.8) is 0 Å². The van der Waals surface area contributed by atoms with Crippen LogP contribution >= 0.6 is 27.5 Å². The Kier molecular flexibility index (Phi) is 5.70. The van der Waals surface area contributed by atoms with Crippen molar-refractivity contribution in [3.8, 4) is 17.1 Å². The van der Waals surface area contributed by atoms with Crippen molar-refractivity contribution >= 4 is 39.1 Å². The lowest BCUT2D eigenvalue weighted by Crippen LogP contribution is -2.14. The van der Waals surface area contributed by atoms with E-state index in [0.717, 1.165) is 26.9 Å². The summed E-state index contributed by atoms with van der Waals surface area (Å²) in [4.78, 5) is 17.4. The molecular weight excluding hydrogens is 464 g/mol. The molecule has 0 atom stereocenters. The Morgan fingerprint density at radius 1 is 1.00 bits per heavy atom. The summed E-state index contributed by atoms with van der Waals surface area (Å²) in [7, 11) is 0. The minimum atomic E-state index is -0.404. The molecule has 5 nitrogen and oxygen atoms in total. The summed E-state index contributed by atoms with van der Waals surface area (Å²) < 4.78 is 2.63. The van der Waals surface area contributed by atoms with Crippen LogP contribution in [0.1, 0.15) is 21.7 Å². The molecule has 1 N–H and O–H groups in total. The van der Waals surface area contributed by atoms with Gasteiger partial charge in [-0.3, -0.25) is 4.79 Å². The van der Waals surface area contributed by atoms with Gasteiger partial charge >= 0.3 is 0 Å². The minimum absolute atomic E-state index is 0.0743. The lowest BCUT2D eigenvalue weighted by atomic mass is 10.1. The number of amides is 1. The summed E-state index contributed by atoms with van der Waals surface area (Å²) in [5, 5.41) is 7.89. The van der Waals surface area contributed by atoms with Gasteiger partial charge < -0.3 is 5.32 Å². The molecule has 0 aliphatic rings. The number of aromatic nitrogens is 3. The fourth-order valence-corrected chi connectivity index (χ4v) is 3.36. The molecular formula is C23H18BrClN4O. The maximum Gasteiger partial charge on any atom is 0.295 e. The molecule has 0 fully saturated rings. The second-order valence-corrected chi connectivity index (χ2v) is 8.25. The largest absolute Gasteiger partial charge is 0.319 e. The second kappa shape index (κ2) is 8.42. The van der Waals surface area contributed by atoms with Gasteiger partial charge in [0.2, 0.25) is 5.82 Å². The Morgan fingerprint density at radius 3 is 2.37 bits per heavy atom. The van der Waals surface area contributed by atoms with Crippen molar-refractivity contribution in [1.29, 1.82) is 0 Å². The van der Waals surface area contributed by atoms with Gasteiger partial charge in [-0.05, 0) is 55.8 Å².